The number of esters is 2. The van der Waals surface area contributed by atoms with Crippen molar-refractivity contribution in [2.24, 2.45) is 16.2 Å². The van der Waals surface area contributed by atoms with Crippen LogP contribution in [0.3, 0.4) is 0 Å². The highest BCUT2D eigenvalue weighted by Crippen LogP contribution is 2.27. The lowest BCUT2D eigenvalue weighted by atomic mass is 9.84. The third kappa shape index (κ3) is 9.54. The highest BCUT2D eigenvalue weighted by molar-refractivity contribution is 5.76. The molecule has 0 unspecified atom stereocenters. The average Bonchev–Trinajstić information content (AvgIpc) is 2.62. The number of benzene rings is 1. The Balaban J connectivity index is 2.98. The van der Waals surface area contributed by atoms with Crippen LogP contribution in [-0.4, -0.2) is 25.2 Å². The molecule has 0 bridgehead atoms. The number of hydrogen-bond acceptors (Lipinski definition) is 4. The van der Waals surface area contributed by atoms with Crippen LogP contribution in [0, 0.1) is 16.2 Å². The van der Waals surface area contributed by atoms with E-state index in [1.807, 2.05) is 59.8 Å². The van der Waals surface area contributed by atoms with Crippen molar-refractivity contribution in [3.8, 4) is 0 Å². The molecule has 0 spiro atoms. The largest absolute Gasteiger partial charge is 0.461 e. The van der Waals surface area contributed by atoms with E-state index in [4.69, 9.17) is 9.47 Å². The molecule has 0 aliphatic rings. The van der Waals surface area contributed by atoms with Gasteiger partial charge in [0, 0.05) is 5.57 Å². The van der Waals surface area contributed by atoms with E-state index >= 15 is 0 Å². The fourth-order valence-corrected chi connectivity index (χ4v) is 2.35. The van der Waals surface area contributed by atoms with Crippen molar-refractivity contribution in [2.45, 2.75) is 68.7 Å². The van der Waals surface area contributed by atoms with Gasteiger partial charge in [-0.2, -0.15) is 0 Å². The molecule has 0 atom stereocenters. The van der Waals surface area contributed by atoms with Gasteiger partial charge in [0.05, 0.1) is 10.8 Å². The molecule has 0 radical (unpaired) electrons. The van der Waals surface area contributed by atoms with Crippen molar-refractivity contribution in [3.63, 3.8) is 0 Å². The van der Waals surface area contributed by atoms with Gasteiger partial charge in [-0.05, 0) is 70.6 Å². The Morgan fingerprint density at radius 2 is 1.19 bits per heavy atom. The molecule has 172 valence electrons. The van der Waals surface area contributed by atoms with Crippen LogP contribution in [-0.2, 0) is 25.5 Å². The van der Waals surface area contributed by atoms with Crippen LogP contribution in [0.5, 0.6) is 0 Å². The van der Waals surface area contributed by atoms with E-state index in [1.165, 1.54) is 11.1 Å². The van der Waals surface area contributed by atoms with E-state index in [2.05, 4.69) is 39.5 Å². The Kier molecular flexibility index (Phi) is 8.86. The Morgan fingerprint density at radius 3 is 1.55 bits per heavy atom. The molecular formula is C27H40O4. The third-order valence-corrected chi connectivity index (χ3v) is 4.83. The van der Waals surface area contributed by atoms with Gasteiger partial charge in [0.15, 0.2) is 0 Å². The summed E-state index contributed by atoms with van der Waals surface area (Å²) in [7, 11) is 0. The molecule has 31 heavy (non-hydrogen) atoms. The van der Waals surface area contributed by atoms with Gasteiger partial charge in [-0.3, -0.25) is 9.59 Å². The zero-order chi connectivity index (χ0) is 24.0. The maximum Gasteiger partial charge on any atom is 0.311 e. The van der Waals surface area contributed by atoms with Crippen LogP contribution < -0.4 is 0 Å². The summed E-state index contributed by atoms with van der Waals surface area (Å²) in [5.41, 5.74) is 2.94. The van der Waals surface area contributed by atoms with Gasteiger partial charge < -0.3 is 9.47 Å². The fraction of sp³-hybridized carbons (Fsp3) is 0.556. The number of allylic oxidation sites excluding steroid dienone is 1. The predicted octanol–water partition coefficient (Wildman–Crippen LogP) is 6.39. The lowest BCUT2D eigenvalue weighted by Crippen LogP contribution is -2.26. The maximum atomic E-state index is 12.2. The first-order chi connectivity index (χ1) is 14.0. The second-order valence-electron chi connectivity index (χ2n) is 11.2. The minimum atomic E-state index is -0.593. The van der Waals surface area contributed by atoms with E-state index in [0.717, 1.165) is 17.6 Å². The topological polar surface area (TPSA) is 52.6 Å². The number of carbonyl (C=O) groups is 2. The SMILES string of the molecule is C=C(Cc1ccc(C=C(COC(=O)C(C)(C)C)COC(=O)C(C)(C)C)cc1)C(C)(C)C. The molecule has 0 fully saturated rings. The first-order valence-corrected chi connectivity index (χ1v) is 10.8. The number of carbonyl (C=O) groups excluding carboxylic acids is 2. The van der Waals surface area contributed by atoms with Gasteiger partial charge in [0.2, 0.25) is 0 Å². The van der Waals surface area contributed by atoms with Gasteiger partial charge in [0.1, 0.15) is 13.2 Å². The summed E-state index contributed by atoms with van der Waals surface area (Å²) >= 11 is 0. The lowest BCUT2D eigenvalue weighted by molar-refractivity contribution is -0.153. The van der Waals surface area contributed by atoms with Crippen LogP contribution in [0.15, 0.2) is 42.0 Å². The van der Waals surface area contributed by atoms with Gasteiger partial charge >= 0.3 is 11.9 Å². The molecule has 1 aromatic rings. The molecule has 0 aromatic heterocycles. The highest BCUT2D eigenvalue weighted by Gasteiger charge is 2.25. The predicted molar refractivity (Wildman–Crippen MR) is 128 cm³/mol. The quantitative estimate of drug-likeness (QED) is 0.373. The van der Waals surface area contributed by atoms with Gasteiger partial charge in [-0.15, -0.1) is 0 Å². The van der Waals surface area contributed by atoms with Crippen LogP contribution in [0.25, 0.3) is 6.08 Å². The van der Waals surface area contributed by atoms with Crippen molar-refractivity contribution in [2.75, 3.05) is 13.2 Å². The molecule has 0 amide bonds. The summed E-state index contributed by atoms with van der Waals surface area (Å²) in [6, 6.07) is 8.18. The summed E-state index contributed by atoms with van der Waals surface area (Å²) in [4.78, 5) is 24.4. The van der Waals surface area contributed by atoms with Crippen LogP contribution >= 0.6 is 0 Å². The van der Waals surface area contributed by atoms with E-state index in [9.17, 15) is 9.59 Å². The van der Waals surface area contributed by atoms with E-state index in [0.29, 0.717) is 0 Å². The molecule has 0 aliphatic carbocycles. The van der Waals surface area contributed by atoms with Crippen LogP contribution in [0.4, 0.5) is 0 Å². The molecule has 1 rings (SSSR count). The molecule has 0 saturated carbocycles. The molecule has 0 saturated heterocycles. The normalized spacial score (nSPS) is 12.2. The Morgan fingerprint density at radius 1 is 0.774 bits per heavy atom. The lowest BCUT2D eigenvalue weighted by Gasteiger charge is -2.22. The first-order valence-electron chi connectivity index (χ1n) is 10.8. The smallest absolute Gasteiger partial charge is 0.311 e. The molecule has 4 heteroatoms. The fourth-order valence-electron chi connectivity index (χ4n) is 2.35. The minimum Gasteiger partial charge on any atom is -0.461 e. The molecule has 1 aromatic carbocycles. The van der Waals surface area contributed by atoms with Crippen molar-refractivity contribution in [3.05, 3.63) is 53.1 Å². The monoisotopic (exact) mass is 428 g/mol. The van der Waals surface area contributed by atoms with E-state index in [1.54, 1.807) is 0 Å². The van der Waals surface area contributed by atoms with E-state index in [-0.39, 0.29) is 30.6 Å². The average molecular weight is 429 g/mol. The molecule has 0 heterocycles. The zero-order valence-electron chi connectivity index (χ0n) is 20.8. The van der Waals surface area contributed by atoms with Crippen molar-refractivity contribution in [1.29, 1.82) is 0 Å². The van der Waals surface area contributed by atoms with Gasteiger partial charge in [-0.1, -0.05) is 57.2 Å². The maximum absolute atomic E-state index is 12.2. The molecule has 4 nitrogen and oxygen atoms in total. The summed E-state index contributed by atoms with van der Waals surface area (Å²) in [5, 5.41) is 0. The molecule has 0 aliphatic heterocycles. The number of hydrogen-bond donors (Lipinski definition) is 0. The Bertz CT molecular complexity index is 775. The summed E-state index contributed by atoms with van der Waals surface area (Å²) in [6.45, 7) is 21.7. The standard InChI is InChI=1S/C27H40O4/c1-19(25(2,3)4)15-20-11-13-21(14-12-20)16-22(17-30-23(28)26(5,6)7)18-31-24(29)27(8,9)10/h11-14,16H,1,15,17-18H2,2-10H3. The summed E-state index contributed by atoms with van der Waals surface area (Å²) < 4.78 is 10.9. The summed E-state index contributed by atoms with van der Waals surface area (Å²) in [6.07, 6.45) is 2.74. The second-order valence-corrected chi connectivity index (χ2v) is 11.2. The highest BCUT2D eigenvalue weighted by atomic mass is 16.5. The van der Waals surface area contributed by atoms with Crippen molar-refractivity contribution < 1.29 is 19.1 Å². The first kappa shape index (κ1) is 26.7. The van der Waals surface area contributed by atoms with Gasteiger partial charge in [0.25, 0.3) is 0 Å². The Labute approximate surface area is 188 Å². The summed E-state index contributed by atoms with van der Waals surface area (Å²) in [5.74, 6) is -0.590. The van der Waals surface area contributed by atoms with Gasteiger partial charge in [-0.25, -0.2) is 0 Å². The van der Waals surface area contributed by atoms with E-state index < -0.39 is 10.8 Å². The Hall–Kier alpha value is -2.36. The van der Waals surface area contributed by atoms with Crippen molar-refractivity contribution >= 4 is 18.0 Å². The van der Waals surface area contributed by atoms with Crippen LogP contribution in [0.1, 0.15) is 73.4 Å². The zero-order valence-corrected chi connectivity index (χ0v) is 20.8. The third-order valence-electron chi connectivity index (χ3n) is 4.83. The molecular weight excluding hydrogens is 388 g/mol. The molecule has 0 N–H and O–H groups in total. The van der Waals surface area contributed by atoms with Crippen LogP contribution in [0.2, 0.25) is 0 Å². The van der Waals surface area contributed by atoms with Crippen molar-refractivity contribution in [1.82, 2.24) is 0 Å². The number of rotatable bonds is 7. The second kappa shape index (κ2) is 10.3. The number of ether oxygens (including phenoxy) is 2. The minimum absolute atomic E-state index is 0.0691.